The number of hydrogen-bond donors (Lipinski definition) is 0. The molecule has 6 heterocycles. The molecule has 782 valence electrons. The van der Waals surface area contributed by atoms with Crippen LogP contribution in [0, 0.1) is 0 Å². The van der Waals surface area contributed by atoms with E-state index in [0.717, 1.165) is 176 Å². The Balaban J connectivity index is 1.17. The number of hydrogen-bond acceptors (Lipinski definition) is 12. The first-order chi connectivity index (χ1) is 71.0. The van der Waals surface area contributed by atoms with E-state index in [2.05, 4.69) is 239 Å². The highest BCUT2D eigenvalue weighted by molar-refractivity contribution is 7.31. The Bertz CT molecular complexity index is 5270. The van der Waals surface area contributed by atoms with Gasteiger partial charge in [0, 0.05) is 86.3 Å². The number of benzene rings is 6. The van der Waals surface area contributed by atoms with Crippen LogP contribution in [0.3, 0.4) is 0 Å². The average Bonchev–Trinajstić information content (AvgIpc) is 1.58. The molecule has 0 aliphatic rings. The third-order valence-corrected chi connectivity index (χ3v) is 36.1. The van der Waals surface area contributed by atoms with Crippen LogP contribution >= 0.6 is 68.0 Å². The lowest BCUT2D eigenvalue weighted by Crippen LogP contribution is -2.00. The number of aryl methyl sites for hydroxylation is 6. The summed E-state index contributed by atoms with van der Waals surface area (Å²) in [6, 6.07) is 58.8. The summed E-state index contributed by atoms with van der Waals surface area (Å²) in [5.41, 5.74) is 22.7. The van der Waals surface area contributed by atoms with Gasteiger partial charge in [-0.15, -0.1) is 68.0 Å². The fraction of sp³-hybridized carbons (Fsp3) is 0.545. The molecular weight excluding hydrogens is 1870 g/mol. The van der Waals surface area contributed by atoms with Gasteiger partial charge >= 0.3 is 0 Å². The van der Waals surface area contributed by atoms with E-state index in [0.29, 0.717) is 39.6 Å². The maximum Gasteiger partial charge on any atom is 0.127 e. The Kier molecular flexibility index (Phi) is 52.7. The largest absolute Gasteiger partial charge is 0.493 e. The zero-order chi connectivity index (χ0) is 101. The van der Waals surface area contributed by atoms with Gasteiger partial charge in [-0.3, -0.25) is 0 Å². The van der Waals surface area contributed by atoms with Gasteiger partial charge in [0.2, 0.25) is 0 Å². The Labute approximate surface area is 898 Å². The first-order valence-electron chi connectivity index (χ1n) is 58.3. The molecule has 6 aromatic heterocycles. The first-order valence-corrected chi connectivity index (χ1v) is 63.3. The average molecular weight is 2060 g/mol. The van der Waals surface area contributed by atoms with Gasteiger partial charge in [0.1, 0.15) is 34.5 Å². The zero-order valence-electron chi connectivity index (χ0n) is 91.3. The monoisotopic (exact) mass is 2060 g/mol. The summed E-state index contributed by atoms with van der Waals surface area (Å²) >= 11 is 11.7. The number of rotatable bonds is 77. The SMILES string of the molecule is CCCCCCCCc1ccc(OCCCC)c(-c2ccsc2-c2sc(-c3cc(-c4cc(CCCCCCCC)ccc4OCCCC)c(-c4sc(-c5cc(-c6cc(CCCCCCCC)ccc6OCCCC)c(-c6sccc6-c6cc(CCCCCCCC)ccc6OCCCC)s5)cc4-c4cc(CCCCCCCC)ccc4OCCCC)s3)cc2-c2cc(CCCCCCCC)ccc2OCCCC)c1. The maximum absolute atomic E-state index is 7.35. The molecule has 0 N–H and O–H groups in total. The van der Waals surface area contributed by atoms with Gasteiger partial charge in [0.15, 0.2) is 0 Å². The number of thiophene rings is 6. The molecule has 0 fully saturated rings. The minimum Gasteiger partial charge on any atom is -0.493 e. The predicted molar refractivity (Wildman–Crippen MR) is 638 cm³/mol. The Morgan fingerprint density at radius 1 is 0.153 bits per heavy atom. The lowest BCUT2D eigenvalue weighted by Gasteiger charge is -2.16. The van der Waals surface area contributed by atoms with Gasteiger partial charge in [-0.05, 0) is 269 Å². The van der Waals surface area contributed by atoms with Crippen molar-refractivity contribution in [1.82, 2.24) is 0 Å². The van der Waals surface area contributed by atoms with Crippen LogP contribution in [-0.4, -0.2) is 39.6 Å². The van der Waals surface area contributed by atoms with Crippen LogP contribution in [-0.2, 0) is 38.5 Å². The Morgan fingerprint density at radius 2 is 0.319 bits per heavy atom. The van der Waals surface area contributed by atoms with E-state index in [9.17, 15) is 0 Å². The molecule has 0 saturated carbocycles. The summed E-state index contributed by atoms with van der Waals surface area (Å²) in [7, 11) is 0. The van der Waals surface area contributed by atoms with E-state index in [1.807, 2.05) is 68.0 Å². The summed E-state index contributed by atoms with van der Waals surface area (Å²) < 4.78 is 43.1. The smallest absolute Gasteiger partial charge is 0.127 e. The van der Waals surface area contributed by atoms with Crippen LogP contribution < -0.4 is 28.4 Å². The molecule has 0 bridgehead atoms. The summed E-state index contributed by atoms with van der Waals surface area (Å²) in [6.45, 7) is 31.6. The van der Waals surface area contributed by atoms with Crippen LogP contribution in [0.5, 0.6) is 34.5 Å². The molecular formula is C132H182O6S6. The standard InChI is InChI=1S/C132H182O6S6/c1-13-25-37-43-49-55-61-99-67-73-117(133-81-31-19-7)107(89-99)105-79-87-139-127(105)129-113(109-91-101(63-57-51-45-39-27-15-3)69-75-119(109)135-83-33-21-9)95-123(141-129)125-97-115(111-93-103(65-59-53-47-41-29-17-5)71-77-121(111)137-85-35-23-11)131(143-125)132-116(112-94-104(66-60-54-48-42-30-18-6)72-78-122(112)138-86-36-24-12)98-126(144-132)124-96-114(110-92-102(64-58-52-46-40-28-16-4)70-76-120(110)136-84-34-22-10)130(142-124)128-106(80-88-140-128)108-90-100(62-56-50-44-38-26-14-2)68-74-118(108)134-82-32-20-8/h67-80,87-98H,13-66,81-86H2,1-12H3. The molecule has 0 aliphatic heterocycles. The van der Waals surface area contributed by atoms with Crippen molar-refractivity contribution in [3.8, 4) is 150 Å². The molecule has 144 heavy (non-hydrogen) atoms. The van der Waals surface area contributed by atoms with Crippen LogP contribution in [0.4, 0.5) is 0 Å². The summed E-state index contributed by atoms with van der Waals surface area (Å²) in [4.78, 5) is 12.6. The van der Waals surface area contributed by atoms with Crippen LogP contribution in [0.2, 0.25) is 0 Å². The topological polar surface area (TPSA) is 55.4 Å². The van der Waals surface area contributed by atoms with E-state index in [1.54, 1.807) is 0 Å². The van der Waals surface area contributed by atoms with Crippen molar-refractivity contribution in [2.24, 2.45) is 0 Å². The highest BCUT2D eigenvalue weighted by Crippen LogP contribution is 2.60. The highest BCUT2D eigenvalue weighted by Gasteiger charge is 2.32. The molecule has 12 heteroatoms. The van der Waals surface area contributed by atoms with Gasteiger partial charge < -0.3 is 28.4 Å². The van der Waals surface area contributed by atoms with Gasteiger partial charge in [-0.25, -0.2) is 0 Å². The maximum atomic E-state index is 7.35. The summed E-state index contributed by atoms with van der Waals surface area (Å²) in [5, 5.41) is 4.72. The second kappa shape index (κ2) is 66.0. The van der Waals surface area contributed by atoms with Crippen LogP contribution in [0.1, 0.15) is 425 Å². The van der Waals surface area contributed by atoms with E-state index in [-0.39, 0.29) is 0 Å². The molecule has 0 radical (unpaired) electrons. The second-order valence-electron chi connectivity index (χ2n) is 41.0. The Hall–Kier alpha value is -7.68. The third-order valence-electron chi connectivity index (χ3n) is 28.8. The van der Waals surface area contributed by atoms with Crippen molar-refractivity contribution in [2.45, 2.75) is 430 Å². The fourth-order valence-corrected chi connectivity index (χ4v) is 27.1. The van der Waals surface area contributed by atoms with Crippen molar-refractivity contribution in [3.05, 3.63) is 190 Å². The van der Waals surface area contributed by atoms with Gasteiger partial charge in [-0.1, -0.05) is 351 Å². The van der Waals surface area contributed by atoms with Crippen LogP contribution in [0.15, 0.2) is 156 Å². The molecule has 0 atom stereocenters. The second-order valence-corrected chi connectivity index (χ2v) is 47.1. The molecule has 12 aromatic rings. The number of ether oxygens (including phenoxy) is 6. The summed E-state index contributed by atoms with van der Waals surface area (Å²) in [6.07, 6.45) is 63.6. The van der Waals surface area contributed by atoms with Crippen molar-refractivity contribution < 1.29 is 28.4 Å². The van der Waals surface area contributed by atoms with Crippen molar-refractivity contribution in [3.63, 3.8) is 0 Å². The molecule has 0 spiro atoms. The molecule has 6 aromatic carbocycles. The lowest BCUT2D eigenvalue weighted by atomic mass is 9.95. The van der Waals surface area contributed by atoms with E-state index in [4.69, 9.17) is 28.4 Å². The molecule has 6 nitrogen and oxygen atoms in total. The predicted octanol–water partition coefficient (Wildman–Crippen LogP) is 44.9. The van der Waals surface area contributed by atoms with Crippen molar-refractivity contribution in [2.75, 3.05) is 39.6 Å². The van der Waals surface area contributed by atoms with Gasteiger partial charge in [-0.2, -0.15) is 0 Å². The van der Waals surface area contributed by atoms with Gasteiger partial charge in [0.25, 0.3) is 0 Å². The highest BCUT2D eigenvalue weighted by atomic mass is 32.1. The van der Waals surface area contributed by atoms with E-state index >= 15 is 0 Å². The minimum atomic E-state index is 0.639. The third kappa shape index (κ3) is 35.2. The van der Waals surface area contributed by atoms with Crippen LogP contribution in [0.25, 0.3) is 116 Å². The molecule has 12 rings (SSSR count). The number of unbranched alkanes of at least 4 members (excludes halogenated alkanes) is 36. The zero-order valence-corrected chi connectivity index (χ0v) is 96.2. The van der Waals surface area contributed by atoms with Crippen molar-refractivity contribution in [1.29, 1.82) is 0 Å². The molecule has 0 saturated heterocycles. The minimum absolute atomic E-state index is 0.639. The fourth-order valence-electron chi connectivity index (χ4n) is 19.9. The first kappa shape index (κ1) is 115. The molecule has 0 aliphatic carbocycles. The lowest BCUT2D eigenvalue weighted by molar-refractivity contribution is 0.310. The molecule has 0 unspecified atom stereocenters. The van der Waals surface area contributed by atoms with Gasteiger partial charge in [0.05, 0.1) is 68.9 Å². The van der Waals surface area contributed by atoms with Crippen molar-refractivity contribution >= 4 is 68.0 Å². The van der Waals surface area contributed by atoms with E-state index in [1.165, 1.54) is 354 Å². The summed E-state index contributed by atoms with van der Waals surface area (Å²) in [5.74, 6) is 5.77. The molecule has 0 amide bonds. The Morgan fingerprint density at radius 3 is 0.507 bits per heavy atom. The quantitative estimate of drug-likeness (QED) is 0.0354. The van der Waals surface area contributed by atoms with E-state index < -0.39 is 0 Å². The normalized spacial score (nSPS) is 11.6.